The summed E-state index contributed by atoms with van der Waals surface area (Å²) in [4.78, 5) is 4.07. The van der Waals surface area contributed by atoms with Crippen LogP contribution in [-0.2, 0) is 6.18 Å². The summed E-state index contributed by atoms with van der Waals surface area (Å²) in [5.74, 6) is -0.548. The number of nitrogens with zero attached hydrogens (tertiary/aromatic N) is 5. The van der Waals surface area contributed by atoms with Gasteiger partial charge in [0.1, 0.15) is 17.2 Å². The molecule has 0 radical (unpaired) electrons. The molecule has 0 aliphatic carbocycles. The van der Waals surface area contributed by atoms with Gasteiger partial charge in [0.05, 0.1) is 5.69 Å². The number of fused-ring (bicyclic) bond motifs is 1. The van der Waals surface area contributed by atoms with Gasteiger partial charge in [-0.2, -0.15) is 13.2 Å². The Morgan fingerprint density at radius 1 is 1.00 bits per heavy atom. The fourth-order valence-electron chi connectivity index (χ4n) is 3.43. The first-order chi connectivity index (χ1) is 14.3. The highest BCUT2D eigenvalue weighted by Crippen LogP contribution is 2.32. The Morgan fingerprint density at radius 3 is 2.47 bits per heavy atom. The van der Waals surface area contributed by atoms with Gasteiger partial charge >= 0.3 is 6.18 Å². The molecule has 0 bridgehead atoms. The number of aromatic nitrogens is 3. The van der Waals surface area contributed by atoms with Crippen LogP contribution in [0.2, 0.25) is 0 Å². The van der Waals surface area contributed by atoms with Gasteiger partial charge in [0.2, 0.25) is 0 Å². The third-order valence-electron chi connectivity index (χ3n) is 4.97. The molecule has 0 unspecified atom stereocenters. The lowest BCUT2D eigenvalue weighted by molar-refractivity contribution is -0.136. The molecule has 4 rings (SSSR count). The summed E-state index contributed by atoms with van der Waals surface area (Å²) >= 11 is 1.34. The predicted molar refractivity (Wildman–Crippen MR) is 104 cm³/mol. The second kappa shape index (κ2) is 8.38. The molecule has 5 nitrogen and oxygen atoms in total. The number of rotatable bonds is 5. The van der Waals surface area contributed by atoms with E-state index in [4.69, 9.17) is 0 Å². The van der Waals surface area contributed by atoms with Crippen molar-refractivity contribution in [3.63, 3.8) is 0 Å². The van der Waals surface area contributed by atoms with E-state index in [2.05, 4.69) is 15.1 Å². The van der Waals surface area contributed by atoms with E-state index in [-0.39, 0.29) is 5.65 Å². The topological polar surface area (TPSA) is 36.7 Å². The van der Waals surface area contributed by atoms with Crippen LogP contribution >= 0.6 is 11.8 Å². The standard InChI is InChI=1S/C19H18F5N5S/c20-13-3-4-16(15(21)12-13)28-8-6-27(7-9-28)10-11-30-18-26-25-17-14(19(22,23)24)2-1-5-29(17)18/h1-5,12H,6-11H2. The lowest BCUT2D eigenvalue weighted by atomic mass is 10.2. The minimum absolute atomic E-state index is 0.206. The van der Waals surface area contributed by atoms with Crippen molar-refractivity contribution in [2.24, 2.45) is 0 Å². The number of anilines is 1. The molecule has 1 aromatic carbocycles. The quantitative estimate of drug-likeness (QED) is 0.441. The zero-order valence-corrected chi connectivity index (χ0v) is 16.6. The van der Waals surface area contributed by atoms with E-state index in [9.17, 15) is 22.0 Å². The maximum Gasteiger partial charge on any atom is 0.420 e. The van der Waals surface area contributed by atoms with Gasteiger partial charge < -0.3 is 4.90 Å². The summed E-state index contributed by atoms with van der Waals surface area (Å²) in [6.45, 7) is 3.33. The predicted octanol–water partition coefficient (Wildman–Crippen LogP) is 3.94. The van der Waals surface area contributed by atoms with E-state index >= 15 is 0 Å². The summed E-state index contributed by atoms with van der Waals surface area (Å²) in [5.41, 5.74) is -0.628. The summed E-state index contributed by atoms with van der Waals surface area (Å²) in [6, 6.07) is 5.89. The summed E-state index contributed by atoms with van der Waals surface area (Å²) < 4.78 is 67.6. The van der Waals surface area contributed by atoms with Gasteiger partial charge in [0.25, 0.3) is 0 Å². The van der Waals surface area contributed by atoms with Crippen LogP contribution in [-0.4, -0.2) is 58.0 Å². The molecule has 0 amide bonds. The first kappa shape index (κ1) is 20.9. The highest BCUT2D eigenvalue weighted by Gasteiger charge is 2.34. The molecule has 0 N–H and O–H groups in total. The number of thioether (sulfide) groups is 1. The van der Waals surface area contributed by atoms with Crippen molar-refractivity contribution in [1.82, 2.24) is 19.5 Å². The van der Waals surface area contributed by atoms with Crippen molar-refractivity contribution in [3.05, 3.63) is 53.7 Å². The zero-order chi connectivity index (χ0) is 21.3. The smallest absolute Gasteiger partial charge is 0.367 e. The van der Waals surface area contributed by atoms with Gasteiger partial charge in [-0.1, -0.05) is 11.8 Å². The molecule has 3 heterocycles. The monoisotopic (exact) mass is 443 g/mol. The molecule has 1 aliphatic heterocycles. The van der Waals surface area contributed by atoms with Crippen LogP contribution in [0.15, 0.2) is 41.7 Å². The molecule has 30 heavy (non-hydrogen) atoms. The van der Waals surface area contributed by atoms with Crippen LogP contribution in [0.5, 0.6) is 0 Å². The van der Waals surface area contributed by atoms with E-state index < -0.39 is 23.4 Å². The van der Waals surface area contributed by atoms with Gasteiger partial charge in [-0.15, -0.1) is 10.2 Å². The van der Waals surface area contributed by atoms with E-state index in [0.717, 1.165) is 12.1 Å². The molecule has 11 heteroatoms. The Morgan fingerprint density at radius 2 is 1.77 bits per heavy atom. The van der Waals surface area contributed by atoms with E-state index in [0.29, 0.717) is 49.3 Å². The third-order valence-corrected chi connectivity index (χ3v) is 5.89. The second-order valence-electron chi connectivity index (χ2n) is 6.87. The van der Waals surface area contributed by atoms with Crippen molar-refractivity contribution < 1.29 is 22.0 Å². The van der Waals surface area contributed by atoms with Crippen LogP contribution < -0.4 is 4.90 Å². The van der Waals surface area contributed by atoms with Crippen LogP contribution in [0.3, 0.4) is 0 Å². The number of pyridine rings is 1. The van der Waals surface area contributed by atoms with Gasteiger partial charge in [-0.25, -0.2) is 8.78 Å². The van der Waals surface area contributed by atoms with E-state index in [1.54, 1.807) is 0 Å². The van der Waals surface area contributed by atoms with Crippen LogP contribution in [0.25, 0.3) is 5.65 Å². The Hall–Kier alpha value is -2.40. The summed E-state index contributed by atoms with van der Waals surface area (Å²) in [6.07, 6.45) is -2.97. The third kappa shape index (κ3) is 4.36. The average Bonchev–Trinajstić information content (AvgIpc) is 3.11. The number of benzene rings is 1. The summed E-state index contributed by atoms with van der Waals surface area (Å²) in [5, 5.41) is 8.00. The van der Waals surface area contributed by atoms with E-state index in [1.807, 2.05) is 4.90 Å². The minimum Gasteiger partial charge on any atom is -0.367 e. The molecule has 3 aromatic rings. The SMILES string of the molecule is Fc1ccc(N2CCN(CCSc3nnc4c(C(F)(F)F)cccn34)CC2)c(F)c1. The lowest BCUT2D eigenvalue weighted by Gasteiger charge is -2.36. The number of halogens is 5. The molecule has 2 aromatic heterocycles. The Bertz CT molecular complexity index is 1030. The van der Waals surface area contributed by atoms with Crippen molar-refractivity contribution in [2.45, 2.75) is 11.3 Å². The highest BCUT2D eigenvalue weighted by atomic mass is 32.2. The first-order valence-corrected chi connectivity index (χ1v) is 10.3. The zero-order valence-electron chi connectivity index (χ0n) is 15.7. The molecule has 160 valence electrons. The van der Waals surface area contributed by atoms with E-state index in [1.165, 1.54) is 40.6 Å². The maximum absolute atomic E-state index is 13.9. The largest absolute Gasteiger partial charge is 0.420 e. The Kier molecular flexibility index (Phi) is 5.83. The number of hydrogen-bond donors (Lipinski definition) is 0. The van der Waals surface area contributed by atoms with Crippen molar-refractivity contribution >= 4 is 23.1 Å². The molecule has 1 fully saturated rings. The van der Waals surface area contributed by atoms with Gasteiger partial charge in [0.15, 0.2) is 10.8 Å². The fourth-order valence-corrected chi connectivity index (χ4v) is 4.35. The molecule has 1 saturated heterocycles. The molecular weight excluding hydrogens is 425 g/mol. The molecular formula is C19H18F5N5S. The second-order valence-corrected chi connectivity index (χ2v) is 7.93. The summed E-state index contributed by atoms with van der Waals surface area (Å²) in [7, 11) is 0. The first-order valence-electron chi connectivity index (χ1n) is 9.29. The van der Waals surface area contributed by atoms with Crippen molar-refractivity contribution in [3.8, 4) is 0 Å². The molecule has 0 atom stereocenters. The van der Waals surface area contributed by atoms with Gasteiger partial charge in [-0.3, -0.25) is 9.30 Å². The highest BCUT2D eigenvalue weighted by molar-refractivity contribution is 7.99. The maximum atomic E-state index is 13.9. The number of hydrogen-bond acceptors (Lipinski definition) is 5. The molecule has 0 spiro atoms. The normalized spacial score (nSPS) is 15.8. The van der Waals surface area contributed by atoms with Crippen LogP contribution in [0.1, 0.15) is 5.56 Å². The fraction of sp³-hybridized carbons (Fsp3) is 0.368. The Balaban J connectivity index is 1.32. The van der Waals surface area contributed by atoms with Crippen molar-refractivity contribution in [1.29, 1.82) is 0 Å². The van der Waals surface area contributed by atoms with Gasteiger partial charge in [-0.05, 0) is 24.3 Å². The number of piperazine rings is 1. The van der Waals surface area contributed by atoms with Gasteiger partial charge in [0, 0.05) is 50.7 Å². The van der Waals surface area contributed by atoms with Crippen LogP contribution in [0, 0.1) is 11.6 Å². The Labute approximate surface area is 173 Å². The number of alkyl halides is 3. The lowest BCUT2D eigenvalue weighted by Crippen LogP contribution is -2.47. The van der Waals surface area contributed by atoms with Crippen LogP contribution in [0.4, 0.5) is 27.6 Å². The van der Waals surface area contributed by atoms with Crippen molar-refractivity contribution in [2.75, 3.05) is 43.4 Å². The average molecular weight is 443 g/mol. The minimum atomic E-state index is -4.48. The molecule has 1 aliphatic rings. The molecule has 0 saturated carbocycles.